The Balaban J connectivity index is 2.49. The Kier molecular flexibility index (Phi) is 5.36. The van der Waals surface area contributed by atoms with Crippen LogP contribution in [0.25, 0.3) is 0 Å². The molecule has 2 N–H and O–H groups in total. The molecule has 17 heavy (non-hydrogen) atoms. The van der Waals surface area contributed by atoms with E-state index in [1.807, 2.05) is 6.92 Å². The summed E-state index contributed by atoms with van der Waals surface area (Å²) in [6, 6.07) is 6.67. The number of benzene rings is 1. The molecule has 0 spiro atoms. The van der Waals surface area contributed by atoms with Gasteiger partial charge < -0.3 is 10.6 Å². The van der Waals surface area contributed by atoms with Crippen molar-refractivity contribution in [2.24, 2.45) is 0 Å². The van der Waals surface area contributed by atoms with Crippen LogP contribution in [0.2, 0.25) is 0 Å². The Morgan fingerprint density at radius 3 is 2.18 bits per heavy atom. The summed E-state index contributed by atoms with van der Waals surface area (Å²) in [7, 11) is 0. The van der Waals surface area contributed by atoms with E-state index in [9.17, 15) is 9.59 Å². The summed E-state index contributed by atoms with van der Waals surface area (Å²) in [6.45, 7) is 5.77. The van der Waals surface area contributed by atoms with Gasteiger partial charge in [-0.3, -0.25) is 9.59 Å². The fraction of sp³-hybridized carbons (Fsp3) is 0.385. The molecule has 4 heteroatoms. The van der Waals surface area contributed by atoms with E-state index in [2.05, 4.69) is 10.6 Å². The first kappa shape index (κ1) is 13.4. The molecule has 0 unspecified atom stereocenters. The van der Waals surface area contributed by atoms with Crippen molar-refractivity contribution in [3.05, 3.63) is 35.4 Å². The molecule has 0 radical (unpaired) electrons. The van der Waals surface area contributed by atoms with Gasteiger partial charge in [-0.05, 0) is 25.6 Å². The number of likely N-dealkylation sites (N-methyl/N-ethyl adjacent to an activating group) is 1. The minimum atomic E-state index is -0.113. The first-order valence-electron chi connectivity index (χ1n) is 5.75. The van der Waals surface area contributed by atoms with Crippen LogP contribution in [0.3, 0.4) is 0 Å². The maximum Gasteiger partial charge on any atom is 0.251 e. The Labute approximate surface area is 101 Å². The van der Waals surface area contributed by atoms with Gasteiger partial charge in [0.05, 0.1) is 0 Å². The third-order valence-electron chi connectivity index (χ3n) is 2.39. The second kappa shape index (κ2) is 6.81. The molecule has 0 bridgehead atoms. The van der Waals surface area contributed by atoms with Crippen molar-refractivity contribution in [3.8, 4) is 0 Å². The summed E-state index contributed by atoms with van der Waals surface area (Å²) in [5, 5.41) is 5.92. The molecule has 0 fully saturated rings. The Morgan fingerprint density at radius 2 is 1.65 bits per heavy atom. The number of ketones is 1. The van der Waals surface area contributed by atoms with Crippen LogP contribution in [0.15, 0.2) is 24.3 Å². The highest BCUT2D eigenvalue weighted by Crippen LogP contribution is 2.04. The summed E-state index contributed by atoms with van der Waals surface area (Å²) in [5.74, 6) is -0.109. The standard InChI is InChI=1S/C13H18N2O2/c1-3-14-8-9-15-13(17)12-6-4-11(5-7-12)10(2)16/h4-7,14H,3,8-9H2,1-2H3,(H,15,17). The Bertz CT molecular complexity index is 385. The second-order valence-corrected chi connectivity index (χ2v) is 3.74. The summed E-state index contributed by atoms with van der Waals surface area (Å²) in [5.41, 5.74) is 1.20. The van der Waals surface area contributed by atoms with E-state index < -0.39 is 0 Å². The quantitative estimate of drug-likeness (QED) is 0.575. The fourth-order valence-electron chi connectivity index (χ4n) is 1.40. The molecular formula is C13H18N2O2. The topological polar surface area (TPSA) is 58.2 Å². The maximum atomic E-state index is 11.7. The van der Waals surface area contributed by atoms with E-state index in [-0.39, 0.29) is 11.7 Å². The van der Waals surface area contributed by atoms with Crippen molar-refractivity contribution in [1.82, 2.24) is 10.6 Å². The number of carbonyl (C=O) groups excluding carboxylic acids is 2. The van der Waals surface area contributed by atoms with Gasteiger partial charge in [-0.25, -0.2) is 0 Å². The SMILES string of the molecule is CCNCCNC(=O)c1ccc(C(C)=O)cc1. The summed E-state index contributed by atoms with van der Waals surface area (Å²) < 4.78 is 0. The van der Waals surface area contributed by atoms with Gasteiger partial charge in [0, 0.05) is 24.2 Å². The lowest BCUT2D eigenvalue weighted by Gasteiger charge is -2.05. The molecule has 0 saturated carbocycles. The van der Waals surface area contributed by atoms with Gasteiger partial charge in [0.25, 0.3) is 5.91 Å². The van der Waals surface area contributed by atoms with Gasteiger partial charge in [-0.1, -0.05) is 19.1 Å². The highest BCUT2D eigenvalue weighted by molar-refractivity contribution is 5.97. The summed E-state index contributed by atoms with van der Waals surface area (Å²) in [4.78, 5) is 22.7. The number of carbonyl (C=O) groups is 2. The van der Waals surface area contributed by atoms with Crippen LogP contribution in [0.5, 0.6) is 0 Å². The molecule has 92 valence electrons. The van der Waals surface area contributed by atoms with Crippen LogP contribution in [0.1, 0.15) is 34.6 Å². The van der Waals surface area contributed by atoms with E-state index >= 15 is 0 Å². The van der Waals surface area contributed by atoms with Crippen molar-refractivity contribution in [2.45, 2.75) is 13.8 Å². The molecule has 1 amide bonds. The number of Topliss-reactive ketones (excluding diaryl/α,β-unsaturated/α-hetero) is 1. The predicted octanol–water partition coefficient (Wildman–Crippen LogP) is 1.23. The largest absolute Gasteiger partial charge is 0.351 e. The van der Waals surface area contributed by atoms with Crippen LogP contribution in [-0.4, -0.2) is 31.3 Å². The number of rotatable bonds is 6. The zero-order valence-electron chi connectivity index (χ0n) is 10.2. The number of amides is 1. The molecule has 0 saturated heterocycles. The van der Waals surface area contributed by atoms with Crippen molar-refractivity contribution in [2.75, 3.05) is 19.6 Å². The number of hydrogen-bond acceptors (Lipinski definition) is 3. The molecule has 1 aromatic carbocycles. The van der Waals surface area contributed by atoms with Crippen LogP contribution in [-0.2, 0) is 0 Å². The van der Waals surface area contributed by atoms with Gasteiger partial charge in [-0.15, -0.1) is 0 Å². The molecule has 0 atom stereocenters. The Hall–Kier alpha value is -1.68. The average Bonchev–Trinajstić information content (AvgIpc) is 2.34. The van der Waals surface area contributed by atoms with Crippen LogP contribution < -0.4 is 10.6 Å². The fourth-order valence-corrected chi connectivity index (χ4v) is 1.40. The second-order valence-electron chi connectivity index (χ2n) is 3.74. The maximum absolute atomic E-state index is 11.7. The van der Waals surface area contributed by atoms with Crippen LogP contribution in [0.4, 0.5) is 0 Å². The van der Waals surface area contributed by atoms with Gasteiger partial charge in [0.1, 0.15) is 0 Å². The molecule has 0 aliphatic carbocycles. The third-order valence-corrected chi connectivity index (χ3v) is 2.39. The van der Waals surface area contributed by atoms with E-state index in [0.717, 1.165) is 13.1 Å². The van der Waals surface area contributed by atoms with Gasteiger partial charge in [0.2, 0.25) is 0 Å². The third kappa shape index (κ3) is 4.36. The predicted molar refractivity (Wildman–Crippen MR) is 67.3 cm³/mol. The molecule has 0 heterocycles. The van der Waals surface area contributed by atoms with Gasteiger partial charge in [0.15, 0.2) is 5.78 Å². The van der Waals surface area contributed by atoms with Crippen molar-refractivity contribution in [1.29, 1.82) is 0 Å². The number of hydrogen-bond donors (Lipinski definition) is 2. The van der Waals surface area contributed by atoms with Crippen LogP contribution >= 0.6 is 0 Å². The first-order valence-corrected chi connectivity index (χ1v) is 5.75. The molecule has 0 aliphatic rings. The van der Waals surface area contributed by atoms with Crippen molar-refractivity contribution in [3.63, 3.8) is 0 Å². The zero-order valence-corrected chi connectivity index (χ0v) is 10.2. The van der Waals surface area contributed by atoms with E-state index in [1.165, 1.54) is 6.92 Å². The molecule has 1 aromatic rings. The van der Waals surface area contributed by atoms with Crippen molar-refractivity contribution >= 4 is 11.7 Å². The first-order chi connectivity index (χ1) is 8.15. The molecule has 1 rings (SSSR count). The van der Waals surface area contributed by atoms with Gasteiger partial charge in [-0.2, -0.15) is 0 Å². The monoisotopic (exact) mass is 234 g/mol. The summed E-state index contributed by atoms with van der Waals surface area (Å²) in [6.07, 6.45) is 0. The Morgan fingerprint density at radius 1 is 1.06 bits per heavy atom. The highest BCUT2D eigenvalue weighted by Gasteiger charge is 2.05. The van der Waals surface area contributed by atoms with Gasteiger partial charge >= 0.3 is 0 Å². The highest BCUT2D eigenvalue weighted by atomic mass is 16.1. The molecular weight excluding hydrogens is 216 g/mol. The minimum Gasteiger partial charge on any atom is -0.351 e. The minimum absolute atomic E-state index is 0.00380. The van der Waals surface area contributed by atoms with E-state index in [1.54, 1.807) is 24.3 Å². The summed E-state index contributed by atoms with van der Waals surface area (Å²) >= 11 is 0. The van der Waals surface area contributed by atoms with Crippen LogP contribution in [0, 0.1) is 0 Å². The van der Waals surface area contributed by atoms with E-state index in [4.69, 9.17) is 0 Å². The average molecular weight is 234 g/mol. The lowest BCUT2D eigenvalue weighted by atomic mass is 10.1. The molecule has 0 aliphatic heterocycles. The zero-order chi connectivity index (χ0) is 12.7. The smallest absolute Gasteiger partial charge is 0.251 e. The van der Waals surface area contributed by atoms with E-state index in [0.29, 0.717) is 17.7 Å². The lowest BCUT2D eigenvalue weighted by Crippen LogP contribution is -2.31. The number of nitrogens with one attached hydrogen (secondary N) is 2. The lowest BCUT2D eigenvalue weighted by molar-refractivity contribution is 0.0951. The molecule has 4 nitrogen and oxygen atoms in total. The van der Waals surface area contributed by atoms with Crippen molar-refractivity contribution < 1.29 is 9.59 Å². The normalized spacial score (nSPS) is 10.0. The molecule has 0 aromatic heterocycles.